The standard InChI is InChI=1S/C17H17NO/c1-14-9-10-16(8-5-11-18)17(12-14)19-13-15-6-3-2-4-7-15/h2-4,6-7,9-10,12H,11,13,18H2,1H3. The molecule has 0 aliphatic carbocycles. The van der Waals surface area contributed by atoms with Crippen LogP contribution in [0.3, 0.4) is 0 Å². The monoisotopic (exact) mass is 251 g/mol. The van der Waals surface area contributed by atoms with E-state index in [2.05, 4.69) is 11.8 Å². The Labute approximate surface area is 114 Å². The SMILES string of the molecule is Cc1ccc(C#CCN)c(OCc2ccccc2)c1. The molecule has 0 aromatic heterocycles. The molecule has 2 N–H and O–H groups in total. The van der Waals surface area contributed by atoms with Crippen molar-refractivity contribution < 1.29 is 4.74 Å². The molecule has 19 heavy (non-hydrogen) atoms. The fourth-order valence-corrected chi connectivity index (χ4v) is 1.73. The predicted octanol–water partition coefficient (Wildman–Crippen LogP) is 2.88. The van der Waals surface area contributed by atoms with Gasteiger partial charge in [0.25, 0.3) is 0 Å². The first kappa shape index (κ1) is 13.2. The third kappa shape index (κ3) is 3.87. The molecule has 2 heteroatoms. The summed E-state index contributed by atoms with van der Waals surface area (Å²) in [6.07, 6.45) is 0. The summed E-state index contributed by atoms with van der Waals surface area (Å²) in [6.45, 7) is 2.93. The maximum absolute atomic E-state index is 5.86. The Kier molecular flexibility index (Phi) is 4.60. The molecule has 0 aliphatic heterocycles. The zero-order chi connectivity index (χ0) is 13.5. The molecule has 2 nitrogen and oxygen atoms in total. The summed E-state index contributed by atoms with van der Waals surface area (Å²) in [6, 6.07) is 16.1. The smallest absolute Gasteiger partial charge is 0.135 e. The molecule has 0 saturated carbocycles. The number of ether oxygens (including phenoxy) is 1. The van der Waals surface area contributed by atoms with Gasteiger partial charge in [-0.2, -0.15) is 0 Å². The van der Waals surface area contributed by atoms with Crippen molar-refractivity contribution in [2.45, 2.75) is 13.5 Å². The van der Waals surface area contributed by atoms with Crippen LogP contribution in [0.25, 0.3) is 0 Å². The van der Waals surface area contributed by atoms with Crippen LogP contribution in [0.2, 0.25) is 0 Å². The van der Waals surface area contributed by atoms with Crippen molar-refractivity contribution in [3.63, 3.8) is 0 Å². The highest BCUT2D eigenvalue weighted by atomic mass is 16.5. The molecular weight excluding hydrogens is 234 g/mol. The molecule has 0 bridgehead atoms. The van der Waals surface area contributed by atoms with Gasteiger partial charge in [-0.05, 0) is 30.2 Å². The quantitative estimate of drug-likeness (QED) is 0.851. The normalized spacial score (nSPS) is 9.58. The molecular formula is C17H17NO. The molecule has 0 saturated heterocycles. The number of rotatable bonds is 3. The fraction of sp³-hybridized carbons (Fsp3) is 0.176. The van der Waals surface area contributed by atoms with Gasteiger partial charge >= 0.3 is 0 Å². The van der Waals surface area contributed by atoms with Crippen molar-refractivity contribution in [2.75, 3.05) is 6.54 Å². The zero-order valence-electron chi connectivity index (χ0n) is 11.0. The summed E-state index contributed by atoms with van der Waals surface area (Å²) in [4.78, 5) is 0. The van der Waals surface area contributed by atoms with Gasteiger partial charge in [-0.25, -0.2) is 0 Å². The van der Waals surface area contributed by atoms with Crippen LogP contribution >= 0.6 is 0 Å². The van der Waals surface area contributed by atoms with E-state index in [1.54, 1.807) is 0 Å². The summed E-state index contributed by atoms with van der Waals surface area (Å²) in [5.74, 6) is 6.71. The van der Waals surface area contributed by atoms with Gasteiger partial charge in [0.15, 0.2) is 0 Å². The molecule has 2 aromatic rings. The largest absolute Gasteiger partial charge is 0.488 e. The van der Waals surface area contributed by atoms with Gasteiger partial charge in [0.2, 0.25) is 0 Å². The Balaban J connectivity index is 2.16. The van der Waals surface area contributed by atoms with Crippen molar-refractivity contribution in [3.05, 3.63) is 65.2 Å². The maximum Gasteiger partial charge on any atom is 0.135 e. The summed E-state index contributed by atoms with van der Waals surface area (Å²) >= 11 is 0. The molecule has 2 rings (SSSR count). The molecule has 0 atom stereocenters. The second-order valence-corrected chi connectivity index (χ2v) is 4.28. The Morgan fingerprint density at radius 2 is 1.89 bits per heavy atom. The lowest BCUT2D eigenvalue weighted by Crippen LogP contribution is -1.98. The lowest BCUT2D eigenvalue weighted by Gasteiger charge is -2.09. The highest BCUT2D eigenvalue weighted by molar-refractivity contribution is 5.48. The van der Waals surface area contributed by atoms with Crippen molar-refractivity contribution >= 4 is 0 Å². The van der Waals surface area contributed by atoms with E-state index >= 15 is 0 Å². The average molecular weight is 251 g/mol. The third-order valence-electron chi connectivity index (χ3n) is 2.70. The molecule has 96 valence electrons. The van der Waals surface area contributed by atoms with Crippen LogP contribution in [0.15, 0.2) is 48.5 Å². The Morgan fingerprint density at radius 1 is 1.11 bits per heavy atom. The van der Waals surface area contributed by atoms with Crippen LogP contribution in [-0.2, 0) is 6.61 Å². The van der Waals surface area contributed by atoms with Crippen LogP contribution in [0, 0.1) is 18.8 Å². The van der Waals surface area contributed by atoms with E-state index in [0.717, 1.165) is 22.4 Å². The van der Waals surface area contributed by atoms with Crippen molar-refractivity contribution in [1.82, 2.24) is 0 Å². The minimum absolute atomic E-state index is 0.353. The van der Waals surface area contributed by atoms with Gasteiger partial charge < -0.3 is 10.5 Å². The minimum Gasteiger partial charge on any atom is -0.488 e. The van der Waals surface area contributed by atoms with Gasteiger partial charge in [-0.3, -0.25) is 0 Å². The number of aryl methyl sites for hydroxylation is 1. The molecule has 2 aromatic carbocycles. The van der Waals surface area contributed by atoms with E-state index in [9.17, 15) is 0 Å². The molecule has 0 amide bonds. The van der Waals surface area contributed by atoms with Crippen LogP contribution in [-0.4, -0.2) is 6.54 Å². The molecule has 0 radical (unpaired) electrons. The molecule has 0 unspecified atom stereocenters. The van der Waals surface area contributed by atoms with E-state index in [0.29, 0.717) is 13.2 Å². The summed E-state index contributed by atoms with van der Waals surface area (Å²) in [7, 11) is 0. The van der Waals surface area contributed by atoms with E-state index in [-0.39, 0.29) is 0 Å². The van der Waals surface area contributed by atoms with Gasteiger partial charge in [0.1, 0.15) is 12.4 Å². The lowest BCUT2D eigenvalue weighted by atomic mass is 10.1. The molecule has 0 fully saturated rings. The third-order valence-corrected chi connectivity index (χ3v) is 2.70. The van der Waals surface area contributed by atoms with Gasteiger partial charge in [-0.15, -0.1) is 0 Å². The summed E-state index contributed by atoms with van der Waals surface area (Å²) < 4.78 is 5.86. The first-order chi connectivity index (χ1) is 9.29. The zero-order valence-corrected chi connectivity index (χ0v) is 11.0. The fourth-order valence-electron chi connectivity index (χ4n) is 1.73. The summed E-state index contributed by atoms with van der Waals surface area (Å²) in [5, 5.41) is 0. The van der Waals surface area contributed by atoms with Gasteiger partial charge in [0.05, 0.1) is 12.1 Å². The van der Waals surface area contributed by atoms with Crippen LogP contribution < -0.4 is 10.5 Å². The highest BCUT2D eigenvalue weighted by Crippen LogP contribution is 2.20. The van der Waals surface area contributed by atoms with E-state index < -0.39 is 0 Å². The second kappa shape index (κ2) is 6.63. The lowest BCUT2D eigenvalue weighted by molar-refractivity contribution is 0.305. The molecule has 0 heterocycles. The number of benzene rings is 2. The predicted molar refractivity (Wildman–Crippen MR) is 77.9 cm³/mol. The Morgan fingerprint density at radius 3 is 2.63 bits per heavy atom. The topological polar surface area (TPSA) is 35.2 Å². The van der Waals surface area contributed by atoms with E-state index in [1.807, 2.05) is 55.5 Å². The van der Waals surface area contributed by atoms with E-state index in [4.69, 9.17) is 10.5 Å². The van der Waals surface area contributed by atoms with Crippen LogP contribution in [0.1, 0.15) is 16.7 Å². The second-order valence-electron chi connectivity index (χ2n) is 4.28. The van der Waals surface area contributed by atoms with Crippen molar-refractivity contribution in [3.8, 4) is 17.6 Å². The first-order valence-corrected chi connectivity index (χ1v) is 6.26. The molecule has 0 aliphatic rings. The van der Waals surface area contributed by atoms with Crippen LogP contribution in [0.4, 0.5) is 0 Å². The van der Waals surface area contributed by atoms with E-state index in [1.165, 1.54) is 0 Å². The first-order valence-electron chi connectivity index (χ1n) is 6.26. The number of nitrogens with two attached hydrogens (primary N) is 1. The van der Waals surface area contributed by atoms with Gasteiger partial charge in [0, 0.05) is 0 Å². The molecule has 0 spiro atoms. The Hall–Kier alpha value is -2.24. The Bertz CT molecular complexity index is 594. The minimum atomic E-state index is 0.353. The number of hydrogen-bond acceptors (Lipinski definition) is 2. The maximum atomic E-state index is 5.86. The van der Waals surface area contributed by atoms with Crippen molar-refractivity contribution in [2.24, 2.45) is 5.73 Å². The number of hydrogen-bond donors (Lipinski definition) is 1. The summed E-state index contributed by atoms with van der Waals surface area (Å²) in [5.41, 5.74) is 8.58. The van der Waals surface area contributed by atoms with Crippen LogP contribution in [0.5, 0.6) is 5.75 Å². The van der Waals surface area contributed by atoms with Gasteiger partial charge in [-0.1, -0.05) is 48.2 Å². The highest BCUT2D eigenvalue weighted by Gasteiger charge is 2.02. The average Bonchev–Trinajstić information content (AvgIpc) is 2.45. The van der Waals surface area contributed by atoms with Crippen molar-refractivity contribution in [1.29, 1.82) is 0 Å².